The SMILES string of the molecule is CCOC(=O)COc1c(Br)cc(/C=C2\SC(=O)N(CC(=O)Nc3ccccc3C)C2=O)cc1OC. The topological polar surface area (TPSA) is 111 Å². The van der Waals surface area contributed by atoms with E-state index in [0.717, 1.165) is 22.2 Å². The monoisotopic (exact) mass is 562 g/mol. The molecule has 1 fully saturated rings. The van der Waals surface area contributed by atoms with Gasteiger partial charge in [-0.05, 0) is 76.9 Å². The van der Waals surface area contributed by atoms with E-state index < -0.39 is 29.6 Å². The van der Waals surface area contributed by atoms with Gasteiger partial charge in [-0.2, -0.15) is 0 Å². The molecule has 184 valence electrons. The summed E-state index contributed by atoms with van der Waals surface area (Å²) in [4.78, 5) is 50.4. The Balaban J connectivity index is 1.73. The fraction of sp³-hybridized carbons (Fsp3) is 0.250. The smallest absolute Gasteiger partial charge is 0.344 e. The molecule has 2 aromatic rings. The van der Waals surface area contributed by atoms with Gasteiger partial charge < -0.3 is 19.5 Å². The molecule has 0 aromatic heterocycles. The number of benzene rings is 2. The standard InChI is InChI=1S/C24H23BrN2O7S/c1-4-33-21(29)13-34-22-16(25)9-15(10-18(22)32-3)11-19-23(30)27(24(31)35-19)12-20(28)26-17-8-6-5-7-14(17)2/h5-11H,4,12-13H2,1-3H3,(H,26,28)/b19-11-. The number of para-hydroxylation sites is 1. The fourth-order valence-electron chi connectivity index (χ4n) is 3.13. The maximum Gasteiger partial charge on any atom is 0.344 e. The van der Waals surface area contributed by atoms with E-state index in [1.807, 2.05) is 19.1 Å². The van der Waals surface area contributed by atoms with Gasteiger partial charge in [0.05, 0.1) is 23.1 Å². The zero-order valence-corrected chi connectivity index (χ0v) is 21.7. The molecule has 1 heterocycles. The molecule has 9 nitrogen and oxygen atoms in total. The van der Waals surface area contributed by atoms with Crippen molar-refractivity contribution in [2.45, 2.75) is 13.8 Å². The molecule has 35 heavy (non-hydrogen) atoms. The fourth-order valence-corrected chi connectivity index (χ4v) is 4.54. The summed E-state index contributed by atoms with van der Waals surface area (Å²) in [7, 11) is 1.43. The Morgan fingerprint density at radius 3 is 2.63 bits per heavy atom. The van der Waals surface area contributed by atoms with Crippen LogP contribution in [0.2, 0.25) is 0 Å². The zero-order chi connectivity index (χ0) is 25.5. The maximum atomic E-state index is 12.8. The lowest BCUT2D eigenvalue weighted by Crippen LogP contribution is -2.36. The predicted molar refractivity (Wildman–Crippen MR) is 135 cm³/mol. The van der Waals surface area contributed by atoms with Crippen LogP contribution in [0.15, 0.2) is 45.8 Å². The van der Waals surface area contributed by atoms with Gasteiger partial charge in [-0.25, -0.2) is 4.79 Å². The number of aryl methyl sites for hydroxylation is 1. The molecule has 0 unspecified atom stereocenters. The van der Waals surface area contributed by atoms with E-state index in [0.29, 0.717) is 27.2 Å². The average Bonchev–Trinajstić information content (AvgIpc) is 3.07. The Labute approximate surface area is 214 Å². The third kappa shape index (κ3) is 6.64. The number of hydrogen-bond acceptors (Lipinski definition) is 8. The van der Waals surface area contributed by atoms with Crippen molar-refractivity contribution < 1.29 is 33.4 Å². The summed E-state index contributed by atoms with van der Waals surface area (Å²) in [5.74, 6) is -0.968. The van der Waals surface area contributed by atoms with E-state index in [9.17, 15) is 19.2 Å². The highest BCUT2D eigenvalue weighted by atomic mass is 79.9. The number of amides is 3. The van der Waals surface area contributed by atoms with Gasteiger partial charge >= 0.3 is 5.97 Å². The van der Waals surface area contributed by atoms with Gasteiger partial charge in [0.1, 0.15) is 6.54 Å². The molecule has 1 aliphatic rings. The van der Waals surface area contributed by atoms with Crippen molar-refractivity contribution in [3.8, 4) is 11.5 Å². The van der Waals surface area contributed by atoms with E-state index in [2.05, 4.69) is 21.2 Å². The lowest BCUT2D eigenvalue weighted by Gasteiger charge is -2.14. The van der Waals surface area contributed by atoms with E-state index in [1.165, 1.54) is 13.2 Å². The average molecular weight is 563 g/mol. The van der Waals surface area contributed by atoms with Crippen LogP contribution in [-0.4, -0.2) is 54.8 Å². The highest BCUT2D eigenvalue weighted by Crippen LogP contribution is 2.39. The summed E-state index contributed by atoms with van der Waals surface area (Å²) in [6.45, 7) is 3.08. The highest BCUT2D eigenvalue weighted by Gasteiger charge is 2.36. The van der Waals surface area contributed by atoms with Crippen LogP contribution in [0.3, 0.4) is 0 Å². The molecule has 0 saturated carbocycles. The van der Waals surface area contributed by atoms with Crippen LogP contribution in [-0.2, 0) is 19.1 Å². The molecular weight excluding hydrogens is 540 g/mol. The van der Waals surface area contributed by atoms with E-state index in [-0.39, 0.29) is 18.1 Å². The maximum absolute atomic E-state index is 12.8. The number of methoxy groups -OCH3 is 1. The van der Waals surface area contributed by atoms with Crippen LogP contribution < -0.4 is 14.8 Å². The number of imide groups is 1. The third-order valence-electron chi connectivity index (χ3n) is 4.78. The van der Waals surface area contributed by atoms with E-state index >= 15 is 0 Å². The molecule has 0 bridgehead atoms. The summed E-state index contributed by atoms with van der Waals surface area (Å²) >= 11 is 4.12. The number of halogens is 1. The lowest BCUT2D eigenvalue weighted by atomic mass is 10.2. The molecule has 1 N–H and O–H groups in total. The van der Waals surface area contributed by atoms with Gasteiger partial charge in [0, 0.05) is 5.69 Å². The first-order valence-corrected chi connectivity index (χ1v) is 12.1. The van der Waals surface area contributed by atoms with Crippen molar-refractivity contribution in [2.24, 2.45) is 0 Å². The second kappa shape index (κ2) is 11.9. The number of carbonyl (C=O) groups excluding carboxylic acids is 4. The number of nitrogens with zero attached hydrogens (tertiary/aromatic N) is 1. The van der Waals surface area contributed by atoms with Crippen molar-refractivity contribution in [3.63, 3.8) is 0 Å². The Hall–Kier alpha value is -3.31. The Morgan fingerprint density at radius 2 is 1.94 bits per heavy atom. The van der Waals surface area contributed by atoms with E-state index in [1.54, 1.807) is 31.2 Å². The van der Waals surface area contributed by atoms with Gasteiger partial charge in [0.25, 0.3) is 11.1 Å². The molecule has 3 amide bonds. The summed E-state index contributed by atoms with van der Waals surface area (Å²) in [6, 6.07) is 10.5. The van der Waals surface area contributed by atoms with Crippen LogP contribution in [0, 0.1) is 6.92 Å². The third-order valence-corrected chi connectivity index (χ3v) is 6.28. The number of hydrogen-bond donors (Lipinski definition) is 1. The summed E-state index contributed by atoms with van der Waals surface area (Å²) in [5.41, 5.74) is 2.03. The minimum atomic E-state index is -0.572. The summed E-state index contributed by atoms with van der Waals surface area (Å²) < 4.78 is 16.2. The number of nitrogens with one attached hydrogen (secondary N) is 1. The molecule has 0 aliphatic carbocycles. The van der Waals surface area contributed by atoms with Gasteiger partial charge in [-0.3, -0.25) is 19.3 Å². The Kier molecular flexibility index (Phi) is 8.94. The highest BCUT2D eigenvalue weighted by molar-refractivity contribution is 9.10. The Bertz CT molecular complexity index is 1200. The van der Waals surface area contributed by atoms with Crippen molar-refractivity contribution in [1.82, 2.24) is 4.90 Å². The predicted octanol–water partition coefficient (Wildman–Crippen LogP) is 4.38. The zero-order valence-electron chi connectivity index (χ0n) is 19.3. The van der Waals surface area contributed by atoms with Gasteiger partial charge in [0.15, 0.2) is 18.1 Å². The van der Waals surface area contributed by atoms with Crippen molar-refractivity contribution in [3.05, 3.63) is 56.9 Å². The number of thioether (sulfide) groups is 1. The second-order valence-electron chi connectivity index (χ2n) is 7.26. The van der Waals surface area contributed by atoms with Crippen LogP contribution >= 0.6 is 27.7 Å². The first-order chi connectivity index (χ1) is 16.7. The van der Waals surface area contributed by atoms with Crippen LogP contribution in [0.1, 0.15) is 18.1 Å². The molecule has 3 rings (SSSR count). The first kappa shape index (κ1) is 26.3. The largest absolute Gasteiger partial charge is 0.493 e. The van der Waals surface area contributed by atoms with Crippen molar-refractivity contribution in [1.29, 1.82) is 0 Å². The van der Waals surface area contributed by atoms with Crippen molar-refractivity contribution in [2.75, 3.05) is 32.2 Å². The quantitative estimate of drug-likeness (QED) is 0.354. The summed E-state index contributed by atoms with van der Waals surface area (Å²) in [6.07, 6.45) is 1.52. The van der Waals surface area contributed by atoms with Gasteiger partial charge in [-0.1, -0.05) is 18.2 Å². The Morgan fingerprint density at radius 1 is 1.20 bits per heavy atom. The molecule has 0 atom stereocenters. The molecule has 11 heteroatoms. The molecule has 1 aliphatic heterocycles. The lowest BCUT2D eigenvalue weighted by molar-refractivity contribution is -0.145. The second-order valence-corrected chi connectivity index (χ2v) is 9.11. The minimum Gasteiger partial charge on any atom is -0.493 e. The number of anilines is 1. The van der Waals surface area contributed by atoms with Gasteiger partial charge in [0.2, 0.25) is 5.91 Å². The molecule has 1 saturated heterocycles. The number of rotatable bonds is 9. The van der Waals surface area contributed by atoms with Crippen molar-refractivity contribution >= 4 is 62.5 Å². The van der Waals surface area contributed by atoms with Crippen LogP contribution in [0.25, 0.3) is 6.08 Å². The van der Waals surface area contributed by atoms with Gasteiger partial charge in [-0.15, -0.1) is 0 Å². The number of esters is 1. The minimum absolute atomic E-state index is 0.160. The number of carbonyl (C=O) groups is 4. The molecule has 0 spiro atoms. The molecular formula is C24H23BrN2O7S. The number of ether oxygens (including phenoxy) is 3. The van der Waals surface area contributed by atoms with Crippen LogP contribution in [0.4, 0.5) is 10.5 Å². The van der Waals surface area contributed by atoms with Crippen LogP contribution in [0.5, 0.6) is 11.5 Å². The summed E-state index contributed by atoms with van der Waals surface area (Å²) in [5, 5.41) is 2.18. The molecule has 0 radical (unpaired) electrons. The first-order valence-electron chi connectivity index (χ1n) is 10.5. The molecule has 2 aromatic carbocycles. The normalized spacial score (nSPS) is 14.3. The van der Waals surface area contributed by atoms with E-state index in [4.69, 9.17) is 14.2 Å².